The van der Waals surface area contributed by atoms with Crippen LogP contribution in [0.5, 0.6) is 0 Å². The Hall–Kier alpha value is -0.560. The Kier molecular flexibility index (Phi) is 8.21. The van der Waals surface area contributed by atoms with Gasteiger partial charge in [0.2, 0.25) is 0 Å². The lowest BCUT2D eigenvalue weighted by atomic mass is 9.88. The van der Waals surface area contributed by atoms with Crippen LogP contribution in [-0.2, 0) is 0 Å². The van der Waals surface area contributed by atoms with Crippen molar-refractivity contribution < 1.29 is 0 Å². The third-order valence-electron chi connectivity index (χ3n) is 5.20. The smallest absolute Gasteiger partial charge is 0.00208 e. The summed E-state index contributed by atoms with van der Waals surface area (Å²) in [6.07, 6.45) is 13.5. The van der Waals surface area contributed by atoms with E-state index in [0.29, 0.717) is 0 Å². The van der Waals surface area contributed by atoms with Gasteiger partial charge in [-0.2, -0.15) is 0 Å². The number of allylic oxidation sites excluding steroid dienone is 4. The molecule has 0 aromatic carbocycles. The standard InChI is InChI=1S/C19H35N/c1-6-9-10-18(15(4)7-2)12-16-11-17(8-3)19(13-16)14-20-5/h6,9-10,15-17,19-20H,7-8,11-14H2,1-5H3/b9-6-,18-10-. The monoisotopic (exact) mass is 277 g/mol. The topological polar surface area (TPSA) is 12.0 Å². The summed E-state index contributed by atoms with van der Waals surface area (Å²) in [4.78, 5) is 0. The van der Waals surface area contributed by atoms with E-state index >= 15 is 0 Å². The third-order valence-corrected chi connectivity index (χ3v) is 5.20. The zero-order valence-electron chi connectivity index (χ0n) is 14.3. The van der Waals surface area contributed by atoms with E-state index in [-0.39, 0.29) is 0 Å². The Morgan fingerprint density at radius 1 is 1.25 bits per heavy atom. The Balaban J connectivity index is 2.65. The molecule has 1 aliphatic carbocycles. The van der Waals surface area contributed by atoms with Crippen molar-refractivity contribution in [2.45, 2.75) is 59.8 Å². The van der Waals surface area contributed by atoms with Crippen LogP contribution in [0, 0.1) is 23.7 Å². The normalized spacial score (nSPS) is 29.2. The van der Waals surface area contributed by atoms with Gasteiger partial charge in [0.1, 0.15) is 0 Å². The zero-order valence-corrected chi connectivity index (χ0v) is 14.3. The molecule has 1 heteroatoms. The van der Waals surface area contributed by atoms with Crippen LogP contribution in [0.25, 0.3) is 0 Å². The predicted octanol–water partition coefficient (Wildman–Crippen LogP) is 5.20. The van der Waals surface area contributed by atoms with E-state index in [2.05, 4.69) is 58.3 Å². The number of hydrogen-bond donors (Lipinski definition) is 1. The molecule has 1 nitrogen and oxygen atoms in total. The minimum atomic E-state index is 0.731. The zero-order chi connectivity index (χ0) is 15.0. The van der Waals surface area contributed by atoms with Gasteiger partial charge in [-0.05, 0) is 69.9 Å². The van der Waals surface area contributed by atoms with Crippen molar-refractivity contribution in [1.29, 1.82) is 0 Å². The van der Waals surface area contributed by atoms with E-state index in [0.717, 1.165) is 23.7 Å². The SMILES string of the molecule is C/C=C\C=C(\CC1CC(CC)C(CNC)C1)C(C)CC. The first-order valence-electron chi connectivity index (χ1n) is 8.62. The molecule has 0 aromatic rings. The first-order chi connectivity index (χ1) is 9.65. The van der Waals surface area contributed by atoms with E-state index in [1.54, 1.807) is 5.57 Å². The van der Waals surface area contributed by atoms with Gasteiger partial charge in [-0.3, -0.25) is 0 Å². The highest BCUT2D eigenvalue weighted by Crippen LogP contribution is 2.42. The Morgan fingerprint density at radius 3 is 2.50 bits per heavy atom. The molecule has 20 heavy (non-hydrogen) atoms. The van der Waals surface area contributed by atoms with E-state index in [4.69, 9.17) is 0 Å². The molecule has 1 aliphatic rings. The van der Waals surface area contributed by atoms with Crippen LogP contribution in [-0.4, -0.2) is 13.6 Å². The molecule has 0 bridgehead atoms. The molecule has 116 valence electrons. The summed E-state index contributed by atoms with van der Waals surface area (Å²) < 4.78 is 0. The summed E-state index contributed by atoms with van der Waals surface area (Å²) in [6.45, 7) is 10.4. The van der Waals surface area contributed by atoms with Gasteiger partial charge >= 0.3 is 0 Å². The lowest BCUT2D eigenvalue weighted by Gasteiger charge is -2.18. The highest BCUT2D eigenvalue weighted by atomic mass is 14.8. The van der Waals surface area contributed by atoms with Crippen molar-refractivity contribution in [3.05, 3.63) is 23.8 Å². The minimum absolute atomic E-state index is 0.731. The van der Waals surface area contributed by atoms with Gasteiger partial charge in [-0.15, -0.1) is 0 Å². The Morgan fingerprint density at radius 2 is 1.95 bits per heavy atom. The molecule has 1 saturated carbocycles. The summed E-state index contributed by atoms with van der Waals surface area (Å²) in [7, 11) is 2.09. The van der Waals surface area contributed by atoms with Gasteiger partial charge in [0.15, 0.2) is 0 Å². The second kappa shape index (κ2) is 9.39. The summed E-state index contributed by atoms with van der Waals surface area (Å²) in [5.74, 6) is 3.47. The van der Waals surface area contributed by atoms with Crippen molar-refractivity contribution >= 4 is 0 Å². The van der Waals surface area contributed by atoms with E-state index in [9.17, 15) is 0 Å². The van der Waals surface area contributed by atoms with Crippen LogP contribution < -0.4 is 5.32 Å². The molecular weight excluding hydrogens is 242 g/mol. The fourth-order valence-corrected chi connectivity index (χ4v) is 3.77. The maximum Gasteiger partial charge on any atom is -0.00208 e. The fourth-order valence-electron chi connectivity index (χ4n) is 3.77. The summed E-state index contributed by atoms with van der Waals surface area (Å²) in [5.41, 5.74) is 1.66. The van der Waals surface area contributed by atoms with E-state index < -0.39 is 0 Å². The minimum Gasteiger partial charge on any atom is -0.319 e. The molecule has 0 saturated heterocycles. The van der Waals surface area contributed by atoms with Gasteiger partial charge in [0.05, 0.1) is 0 Å². The van der Waals surface area contributed by atoms with Gasteiger partial charge in [-0.25, -0.2) is 0 Å². The highest BCUT2D eigenvalue weighted by molar-refractivity contribution is 5.15. The van der Waals surface area contributed by atoms with Gasteiger partial charge in [0, 0.05) is 0 Å². The van der Waals surface area contributed by atoms with Gasteiger partial charge in [0.25, 0.3) is 0 Å². The maximum atomic E-state index is 3.39. The first kappa shape index (κ1) is 17.5. The predicted molar refractivity (Wildman–Crippen MR) is 90.9 cm³/mol. The summed E-state index contributed by atoms with van der Waals surface area (Å²) in [6, 6.07) is 0. The van der Waals surface area contributed by atoms with E-state index in [1.807, 2.05) is 0 Å². The number of nitrogens with one attached hydrogen (secondary N) is 1. The molecule has 0 spiro atoms. The molecule has 1 rings (SSSR count). The van der Waals surface area contributed by atoms with Crippen LogP contribution in [0.1, 0.15) is 59.8 Å². The molecule has 0 amide bonds. The first-order valence-corrected chi connectivity index (χ1v) is 8.62. The Labute approximate surface area is 126 Å². The summed E-state index contributed by atoms with van der Waals surface area (Å²) in [5, 5.41) is 3.39. The molecule has 1 N–H and O–H groups in total. The third kappa shape index (κ3) is 5.09. The second-order valence-corrected chi connectivity index (χ2v) is 6.60. The lowest BCUT2D eigenvalue weighted by molar-refractivity contribution is 0.367. The molecule has 0 aromatic heterocycles. The molecule has 4 unspecified atom stereocenters. The quantitative estimate of drug-likeness (QED) is 0.601. The van der Waals surface area contributed by atoms with Gasteiger partial charge in [-0.1, -0.05) is 51.0 Å². The lowest BCUT2D eigenvalue weighted by Crippen LogP contribution is -2.21. The van der Waals surface area contributed by atoms with Crippen molar-refractivity contribution in [3.8, 4) is 0 Å². The molecule has 0 heterocycles. The Bertz CT molecular complexity index is 316. The van der Waals surface area contributed by atoms with E-state index in [1.165, 1.54) is 38.6 Å². The molecule has 0 radical (unpaired) electrons. The maximum absolute atomic E-state index is 3.39. The molecule has 0 aliphatic heterocycles. The van der Waals surface area contributed by atoms with Crippen molar-refractivity contribution in [2.75, 3.05) is 13.6 Å². The van der Waals surface area contributed by atoms with Crippen molar-refractivity contribution in [3.63, 3.8) is 0 Å². The number of hydrogen-bond acceptors (Lipinski definition) is 1. The van der Waals surface area contributed by atoms with Crippen LogP contribution in [0.4, 0.5) is 0 Å². The highest BCUT2D eigenvalue weighted by Gasteiger charge is 2.32. The van der Waals surface area contributed by atoms with Crippen LogP contribution in [0.3, 0.4) is 0 Å². The second-order valence-electron chi connectivity index (χ2n) is 6.60. The number of rotatable bonds is 8. The molecular formula is C19H35N. The van der Waals surface area contributed by atoms with Crippen LogP contribution >= 0.6 is 0 Å². The fraction of sp³-hybridized carbons (Fsp3) is 0.789. The molecule has 1 fully saturated rings. The van der Waals surface area contributed by atoms with Gasteiger partial charge < -0.3 is 5.32 Å². The molecule has 4 atom stereocenters. The van der Waals surface area contributed by atoms with Crippen LogP contribution in [0.15, 0.2) is 23.8 Å². The van der Waals surface area contributed by atoms with Crippen molar-refractivity contribution in [1.82, 2.24) is 5.32 Å². The summed E-state index contributed by atoms with van der Waals surface area (Å²) >= 11 is 0. The average molecular weight is 277 g/mol. The largest absolute Gasteiger partial charge is 0.319 e. The average Bonchev–Trinajstić information content (AvgIpc) is 2.84. The van der Waals surface area contributed by atoms with Crippen LogP contribution in [0.2, 0.25) is 0 Å². The van der Waals surface area contributed by atoms with Crippen molar-refractivity contribution in [2.24, 2.45) is 23.7 Å².